The van der Waals surface area contributed by atoms with Gasteiger partial charge in [0, 0.05) is 0 Å². The van der Waals surface area contributed by atoms with Gasteiger partial charge in [0.05, 0.1) is 6.10 Å². The maximum Gasteiger partial charge on any atom is 0.0770 e. The number of hydrogen-bond acceptors (Lipinski definition) is 1. The van der Waals surface area contributed by atoms with Crippen molar-refractivity contribution in [1.82, 2.24) is 0 Å². The minimum absolute atomic E-state index is 0.276. The smallest absolute Gasteiger partial charge is 0.0770 e. The Morgan fingerprint density at radius 3 is 2.52 bits per heavy atom. The molecule has 3 fully saturated rings. The summed E-state index contributed by atoms with van der Waals surface area (Å²) in [5, 5.41) is 10.3. The molecule has 0 heterocycles. The van der Waals surface area contributed by atoms with Crippen LogP contribution in [0, 0.1) is 46.3 Å². The summed E-state index contributed by atoms with van der Waals surface area (Å²) in [6.45, 7) is 14.2. The van der Waals surface area contributed by atoms with Crippen LogP contribution in [0.15, 0.2) is 23.3 Å². The molecule has 2 unspecified atom stereocenters. The molecule has 8 atom stereocenters. The predicted octanol–water partition coefficient (Wildman–Crippen LogP) is 8.34. The van der Waals surface area contributed by atoms with Crippen molar-refractivity contribution in [3.05, 3.63) is 23.3 Å². The van der Waals surface area contributed by atoms with Crippen LogP contribution in [-0.2, 0) is 0 Å². The summed E-state index contributed by atoms with van der Waals surface area (Å²) in [5.41, 5.74) is 4.21. The molecule has 0 aromatic rings. The van der Waals surface area contributed by atoms with E-state index in [0.29, 0.717) is 16.7 Å². The van der Waals surface area contributed by atoms with Crippen LogP contribution in [-0.4, -0.2) is 11.2 Å². The van der Waals surface area contributed by atoms with E-state index in [1.54, 1.807) is 0 Å². The number of allylic oxidation sites excluding steroid dienone is 3. The second-order valence-electron chi connectivity index (χ2n) is 12.9. The van der Waals surface area contributed by atoms with Crippen molar-refractivity contribution in [2.24, 2.45) is 46.3 Å². The van der Waals surface area contributed by atoms with Gasteiger partial charge in [-0.25, -0.2) is 0 Å². The molecular weight excluding hydrogens is 376 g/mol. The third-order valence-corrected chi connectivity index (χ3v) is 10.9. The van der Waals surface area contributed by atoms with E-state index in [4.69, 9.17) is 0 Å². The summed E-state index contributed by atoms with van der Waals surface area (Å²) < 4.78 is 0. The lowest BCUT2D eigenvalue weighted by molar-refractivity contribution is -0.00778. The van der Waals surface area contributed by atoms with Crippen LogP contribution in [0.25, 0.3) is 0 Å². The Hall–Kier alpha value is -0.560. The lowest BCUT2D eigenvalue weighted by atomic mass is 9.48. The molecule has 0 aliphatic heterocycles. The molecule has 1 heteroatoms. The predicted molar refractivity (Wildman–Crippen MR) is 133 cm³/mol. The van der Waals surface area contributed by atoms with Gasteiger partial charge < -0.3 is 5.11 Å². The second-order valence-corrected chi connectivity index (χ2v) is 12.9. The number of aliphatic hydroxyl groups excluding tert-OH is 1. The third-order valence-electron chi connectivity index (χ3n) is 10.9. The maximum atomic E-state index is 10.3. The number of aliphatic hydroxyl groups is 1. The van der Waals surface area contributed by atoms with Crippen molar-refractivity contribution in [3.63, 3.8) is 0 Å². The van der Waals surface area contributed by atoms with Crippen molar-refractivity contribution >= 4 is 0 Å². The number of fused-ring (bicyclic) bond motifs is 5. The number of rotatable bonds is 6. The van der Waals surface area contributed by atoms with Gasteiger partial charge in [-0.3, -0.25) is 0 Å². The van der Waals surface area contributed by atoms with Crippen LogP contribution < -0.4 is 0 Å². The largest absolute Gasteiger partial charge is 0.389 e. The Bertz CT molecular complexity index is 701. The summed E-state index contributed by atoms with van der Waals surface area (Å²) in [7, 11) is 0. The van der Waals surface area contributed by atoms with Crippen LogP contribution in [0.3, 0.4) is 0 Å². The molecule has 31 heavy (non-hydrogen) atoms. The molecule has 4 aliphatic rings. The van der Waals surface area contributed by atoms with E-state index in [-0.39, 0.29) is 6.10 Å². The molecule has 1 nitrogen and oxygen atoms in total. The summed E-state index contributed by atoms with van der Waals surface area (Å²) in [4.78, 5) is 0. The van der Waals surface area contributed by atoms with Crippen molar-refractivity contribution in [3.8, 4) is 0 Å². The summed E-state index contributed by atoms with van der Waals surface area (Å²) in [6, 6.07) is 0. The van der Waals surface area contributed by atoms with Gasteiger partial charge in [-0.2, -0.15) is 0 Å². The van der Waals surface area contributed by atoms with Crippen LogP contribution in [0.2, 0.25) is 0 Å². The molecule has 0 aromatic carbocycles. The first-order valence-corrected chi connectivity index (χ1v) is 13.7. The van der Waals surface area contributed by atoms with Crippen molar-refractivity contribution in [2.45, 2.75) is 118 Å². The maximum absolute atomic E-state index is 10.3. The minimum atomic E-state index is -0.276. The highest BCUT2D eigenvalue weighted by molar-refractivity contribution is 5.27. The highest BCUT2D eigenvalue weighted by Crippen LogP contribution is 2.66. The molecule has 4 aliphatic carbocycles. The van der Waals surface area contributed by atoms with E-state index in [1.165, 1.54) is 69.8 Å². The Morgan fingerprint density at radius 1 is 1.03 bits per heavy atom. The number of hydrogen-bond donors (Lipinski definition) is 1. The van der Waals surface area contributed by atoms with Crippen molar-refractivity contribution in [1.29, 1.82) is 0 Å². The molecule has 0 saturated heterocycles. The first kappa shape index (κ1) is 23.6. The van der Waals surface area contributed by atoms with Gasteiger partial charge in [-0.1, -0.05) is 65.2 Å². The monoisotopic (exact) mass is 426 g/mol. The zero-order valence-electron chi connectivity index (χ0n) is 21.4. The second kappa shape index (κ2) is 9.00. The summed E-state index contributed by atoms with van der Waals surface area (Å²) >= 11 is 0. The van der Waals surface area contributed by atoms with Gasteiger partial charge in [0.25, 0.3) is 0 Å². The lowest BCUT2D eigenvalue weighted by Gasteiger charge is -2.57. The lowest BCUT2D eigenvalue weighted by Crippen LogP contribution is -2.48. The molecule has 0 aromatic heterocycles. The van der Waals surface area contributed by atoms with Gasteiger partial charge >= 0.3 is 0 Å². The fourth-order valence-electron chi connectivity index (χ4n) is 8.94. The first-order valence-electron chi connectivity index (χ1n) is 13.7. The molecular formula is C30H50O. The van der Waals surface area contributed by atoms with E-state index >= 15 is 0 Å². The van der Waals surface area contributed by atoms with Gasteiger partial charge in [0.1, 0.15) is 0 Å². The fourth-order valence-corrected chi connectivity index (χ4v) is 8.94. The zero-order chi connectivity index (χ0) is 22.4. The topological polar surface area (TPSA) is 20.2 Å². The van der Waals surface area contributed by atoms with Gasteiger partial charge in [0.2, 0.25) is 0 Å². The molecule has 0 radical (unpaired) electrons. The average Bonchev–Trinajstić information content (AvgIpc) is 3.09. The van der Waals surface area contributed by atoms with Crippen LogP contribution in [0.4, 0.5) is 0 Å². The Kier molecular flexibility index (Phi) is 6.85. The van der Waals surface area contributed by atoms with Gasteiger partial charge in [0.15, 0.2) is 0 Å². The van der Waals surface area contributed by atoms with E-state index in [1.807, 2.05) is 5.57 Å². The molecule has 1 N–H and O–H groups in total. The van der Waals surface area contributed by atoms with E-state index in [0.717, 1.165) is 36.0 Å². The van der Waals surface area contributed by atoms with Crippen LogP contribution in [0.1, 0.15) is 112 Å². The van der Waals surface area contributed by atoms with Crippen molar-refractivity contribution in [2.75, 3.05) is 0 Å². The average molecular weight is 427 g/mol. The van der Waals surface area contributed by atoms with Crippen LogP contribution in [0.5, 0.6) is 0 Å². The Labute approximate surface area is 193 Å². The Balaban J connectivity index is 1.44. The fraction of sp³-hybridized carbons (Fsp3) is 0.867. The molecule has 4 rings (SSSR count). The minimum Gasteiger partial charge on any atom is -0.389 e. The molecule has 0 amide bonds. The highest BCUT2D eigenvalue weighted by atomic mass is 16.3. The zero-order valence-corrected chi connectivity index (χ0v) is 21.4. The molecule has 176 valence electrons. The van der Waals surface area contributed by atoms with E-state index in [2.05, 4.69) is 53.7 Å². The standard InChI is InChI=1S/C30H50O/c1-20(2)28(31)22(4)11-9-10-21(3)25-15-16-26-24-14-13-23-12-7-8-18-29(23,5)27(24)17-19-30(25,26)6/h11,14,20-21,23,25-28,31H,7-10,12-13,15-19H2,1-6H3/t21-,23?,25-,26+,27+,28?,29+,30-/m1/s1. The van der Waals surface area contributed by atoms with E-state index < -0.39 is 0 Å². The summed E-state index contributed by atoms with van der Waals surface area (Å²) in [5.74, 6) is 4.69. The molecule has 0 bridgehead atoms. The van der Waals surface area contributed by atoms with Gasteiger partial charge in [-0.15, -0.1) is 0 Å². The first-order chi connectivity index (χ1) is 14.7. The quantitative estimate of drug-likeness (QED) is 0.423. The highest BCUT2D eigenvalue weighted by Gasteiger charge is 2.57. The van der Waals surface area contributed by atoms with Gasteiger partial charge in [-0.05, 0) is 117 Å². The summed E-state index contributed by atoms with van der Waals surface area (Å²) in [6.07, 6.45) is 20.3. The molecule has 0 spiro atoms. The van der Waals surface area contributed by atoms with E-state index in [9.17, 15) is 5.11 Å². The third kappa shape index (κ3) is 4.11. The SMILES string of the molecule is CC(=CCC[C@@H](C)[C@H]1CC[C@H]2C3=CCC4CCCC[C@]4(C)[C@H]3CC[C@]12C)C(O)C(C)C. The molecule has 3 saturated carbocycles. The van der Waals surface area contributed by atoms with Crippen LogP contribution >= 0.6 is 0 Å². The Morgan fingerprint density at radius 2 is 1.77 bits per heavy atom. The normalized spacial score (nSPS) is 42.5. The van der Waals surface area contributed by atoms with Crippen molar-refractivity contribution < 1.29 is 5.11 Å².